The molecule has 2 rings (SSSR count). The van der Waals surface area contributed by atoms with E-state index in [0.717, 1.165) is 6.54 Å². The highest BCUT2D eigenvalue weighted by Gasteiger charge is 2.14. The van der Waals surface area contributed by atoms with Crippen molar-refractivity contribution in [1.29, 1.82) is 0 Å². The number of rotatable bonds is 5. The fourth-order valence-corrected chi connectivity index (χ4v) is 2.59. The first-order chi connectivity index (χ1) is 10.0. The number of halogens is 4. The summed E-state index contributed by atoms with van der Waals surface area (Å²) in [5.74, 6) is 0.0203. The number of hydrogen-bond donors (Lipinski definition) is 1. The molecule has 2 aromatic carbocycles. The molecular weight excluding hydrogens is 380 g/mol. The summed E-state index contributed by atoms with van der Waals surface area (Å²) in [4.78, 5) is 0. The molecule has 0 saturated carbocycles. The molecule has 0 amide bonds. The van der Waals surface area contributed by atoms with Gasteiger partial charge < -0.3 is 10.1 Å². The van der Waals surface area contributed by atoms with Gasteiger partial charge in [0.05, 0.1) is 10.0 Å². The number of hydrogen-bond acceptors (Lipinski definition) is 2. The van der Waals surface area contributed by atoms with E-state index in [-0.39, 0.29) is 5.75 Å². The van der Waals surface area contributed by atoms with Crippen LogP contribution in [0.25, 0.3) is 0 Å². The zero-order valence-corrected chi connectivity index (χ0v) is 14.3. The highest BCUT2D eigenvalue weighted by atomic mass is 79.9. The van der Waals surface area contributed by atoms with Gasteiger partial charge in [-0.15, -0.1) is 0 Å². The highest BCUT2D eigenvalue weighted by molar-refractivity contribution is 9.10. The first-order valence-corrected chi connectivity index (χ1v) is 7.88. The third-order valence-electron chi connectivity index (χ3n) is 2.80. The summed E-state index contributed by atoms with van der Waals surface area (Å²) < 4.78 is 20.3. The fourth-order valence-electron chi connectivity index (χ4n) is 1.76. The van der Waals surface area contributed by atoms with E-state index in [1.54, 1.807) is 24.3 Å². The lowest BCUT2D eigenvalue weighted by Gasteiger charge is -2.14. The summed E-state index contributed by atoms with van der Waals surface area (Å²) in [7, 11) is 0. The Hall–Kier alpha value is -0.810. The maximum atomic E-state index is 14.0. The minimum atomic E-state index is -0.444. The van der Waals surface area contributed by atoms with Crippen molar-refractivity contribution in [2.75, 3.05) is 6.54 Å². The molecule has 0 unspecified atom stereocenters. The van der Waals surface area contributed by atoms with Crippen LogP contribution in [0.5, 0.6) is 11.5 Å². The molecule has 0 heterocycles. The van der Waals surface area contributed by atoms with Gasteiger partial charge in [0.1, 0.15) is 5.75 Å². The zero-order chi connectivity index (χ0) is 15.4. The molecule has 112 valence electrons. The third kappa shape index (κ3) is 4.10. The quantitative estimate of drug-likeness (QED) is 0.649. The van der Waals surface area contributed by atoms with E-state index in [4.69, 9.17) is 27.9 Å². The summed E-state index contributed by atoms with van der Waals surface area (Å²) in [6.45, 7) is 3.26. The Balaban J connectivity index is 2.37. The van der Waals surface area contributed by atoms with E-state index in [1.165, 1.54) is 6.07 Å². The molecule has 0 fully saturated rings. The van der Waals surface area contributed by atoms with Gasteiger partial charge in [-0.25, -0.2) is 4.39 Å². The van der Waals surface area contributed by atoms with Crippen molar-refractivity contribution >= 4 is 39.1 Å². The Bertz CT molecular complexity index is 652. The minimum Gasteiger partial charge on any atom is -0.452 e. The van der Waals surface area contributed by atoms with Gasteiger partial charge in [-0.1, -0.05) is 42.3 Å². The summed E-state index contributed by atoms with van der Waals surface area (Å²) in [5.41, 5.74) is 0.715. The van der Waals surface area contributed by atoms with Gasteiger partial charge in [0.15, 0.2) is 11.6 Å². The summed E-state index contributed by atoms with van der Waals surface area (Å²) in [6, 6.07) is 7.96. The largest absolute Gasteiger partial charge is 0.452 e. The van der Waals surface area contributed by atoms with Crippen LogP contribution in [0, 0.1) is 5.82 Å². The molecule has 21 heavy (non-hydrogen) atoms. The number of benzene rings is 2. The Morgan fingerprint density at radius 1 is 1.24 bits per heavy atom. The van der Waals surface area contributed by atoms with Gasteiger partial charge in [-0.05, 0) is 34.6 Å². The monoisotopic (exact) mass is 391 g/mol. The van der Waals surface area contributed by atoms with Crippen molar-refractivity contribution in [1.82, 2.24) is 5.32 Å². The molecule has 2 aromatic rings. The third-order valence-corrected chi connectivity index (χ3v) is 4.29. The lowest BCUT2D eigenvalue weighted by Crippen LogP contribution is -2.12. The number of para-hydroxylation sites is 1. The average molecular weight is 393 g/mol. The van der Waals surface area contributed by atoms with E-state index < -0.39 is 5.82 Å². The van der Waals surface area contributed by atoms with Gasteiger partial charge in [-0.3, -0.25) is 0 Å². The predicted octanol–water partition coefficient (Wildman–Crippen LogP) is 5.80. The second-order valence-corrected chi connectivity index (χ2v) is 5.98. The molecular formula is C15H13BrCl2FNO. The first kappa shape index (κ1) is 16.6. The molecule has 0 aliphatic rings. The smallest absolute Gasteiger partial charge is 0.167 e. The van der Waals surface area contributed by atoms with Gasteiger partial charge >= 0.3 is 0 Å². The zero-order valence-electron chi connectivity index (χ0n) is 11.2. The lowest BCUT2D eigenvalue weighted by atomic mass is 10.2. The molecule has 0 radical (unpaired) electrons. The molecule has 6 heteroatoms. The SMILES string of the molecule is CCNCc1cccc(F)c1Oc1cc(Cl)c(Br)cc1Cl. The van der Waals surface area contributed by atoms with Crippen molar-refractivity contribution in [2.24, 2.45) is 0 Å². The van der Waals surface area contributed by atoms with Crippen molar-refractivity contribution in [3.05, 3.63) is 56.2 Å². The lowest BCUT2D eigenvalue weighted by molar-refractivity contribution is 0.434. The van der Waals surface area contributed by atoms with Crippen LogP contribution in [0.1, 0.15) is 12.5 Å². The Kier molecular flexibility index (Phi) is 5.88. The Labute approximate surface area is 141 Å². The van der Waals surface area contributed by atoms with Crippen molar-refractivity contribution in [3.63, 3.8) is 0 Å². The average Bonchev–Trinajstić information content (AvgIpc) is 2.45. The minimum absolute atomic E-state index is 0.152. The highest BCUT2D eigenvalue weighted by Crippen LogP contribution is 2.38. The Morgan fingerprint density at radius 3 is 2.71 bits per heavy atom. The van der Waals surface area contributed by atoms with Gasteiger partial charge in [0.25, 0.3) is 0 Å². The van der Waals surface area contributed by atoms with Crippen LogP contribution in [0.3, 0.4) is 0 Å². The van der Waals surface area contributed by atoms with E-state index in [1.807, 2.05) is 6.92 Å². The van der Waals surface area contributed by atoms with Crippen LogP contribution in [0.15, 0.2) is 34.8 Å². The summed E-state index contributed by atoms with van der Waals surface area (Å²) in [6.07, 6.45) is 0. The number of nitrogens with one attached hydrogen (secondary N) is 1. The second-order valence-electron chi connectivity index (χ2n) is 4.31. The van der Waals surface area contributed by atoms with Crippen molar-refractivity contribution in [2.45, 2.75) is 13.5 Å². The molecule has 0 bridgehead atoms. The van der Waals surface area contributed by atoms with Crippen LogP contribution >= 0.6 is 39.1 Å². The topological polar surface area (TPSA) is 21.3 Å². The molecule has 1 N–H and O–H groups in total. The van der Waals surface area contributed by atoms with Crippen molar-refractivity contribution < 1.29 is 9.13 Å². The van der Waals surface area contributed by atoms with Crippen LogP contribution in [0.2, 0.25) is 10.0 Å². The van der Waals surface area contributed by atoms with Crippen LogP contribution in [-0.2, 0) is 6.54 Å². The summed E-state index contributed by atoms with van der Waals surface area (Å²) in [5, 5.41) is 3.93. The van der Waals surface area contributed by atoms with E-state index in [2.05, 4.69) is 21.2 Å². The molecule has 0 atom stereocenters. The molecule has 2 nitrogen and oxygen atoms in total. The van der Waals surface area contributed by atoms with Crippen LogP contribution in [-0.4, -0.2) is 6.54 Å². The van der Waals surface area contributed by atoms with Gasteiger partial charge in [-0.2, -0.15) is 0 Å². The second kappa shape index (κ2) is 7.45. The predicted molar refractivity (Wildman–Crippen MR) is 88.0 cm³/mol. The molecule has 0 aromatic heterocycles. The molecule has 0 saturated heterocycles. The standard InChI is InChI=1S/C15H13BrCl2FNO/c1-2-20-8-9-4-3-5-13(19)15(9)21-14-7-11(17)10(16)6-12(14)18/h3-7,20H,2,8H2,1H3. The van der Waals surface area contributed by atoms with Crippen LogP contribution in [0.4, 0.5) is 4.39 Å². The maximum absolute atomic E-state index is 14.0. The fraction of sp³-hybridized carbons (Fsp3) is 0.200. The summed E-state index contributed by atoms with van der Waals surface area (Å²) >= 11 is 15.4. The molecule has 0 aliphatic carbocycles. The molecule has 0 spiro atoms. The van der Waals surface area contributed by atoms with Crippen LogP contribution < -0.4 is 10.1 Å². The normalized spacial score (nSPS) is 10.7. The van der Waals surface area contributed by atoms with E-state index in [9.17, 15) is 4.39 Å². The van der Waals surface area contributed by atoms with Gasteiger partial charge in [0, 0.05) is 22.6 Å². The maximum Gasteiger partial charge on any atom is 0.167 e. The van der Waals surface area contributed by atoms with E-state index in [0.29, 0.717) is 32.4 Å². The molecule has 0 aliphatic heterocycles. The van der Waals surface area contributed by atoms with E-state index >= 15 is 0 Å². The van der Waals surface area contributed by atoms with Gasteiger partial charge in [0.2, 0.25) is 0 Å². The van der Waals surface area contributed by atoms with Crippen molar-refractivity contribution in [3.8, 4) is 11.5 Å². The first-order valence-electron chi connectivity index (χ1n) is 6.33. The number of ether oxygens (including phenoxy) is 1. The Morgan fingerprint density at radius 2 is 2.00 bits per heavy atom.